The Hall–Kier alpha value is -0.580. The van der Waals surface area contributed by atoms with Crippen LogP contribution in [0.3, 0.4) is 0 Å². The van der Waals surface area contributed by atoms with Crippen molar-refractivity contribution in [1.29, 1.82) is 0 Å². The molecule has 0 aliphatic carbocycles. The Morgan fingerprint density at radius 1 is 1.35 bits per heavy atom. The third-order valence-corrected chi connectivity index (χ3v) is 5.18. The largest absolute Gasteiger partial charge is 0.334 e. The molecule has 1 amide bonds. The minimum Gasteiger partial charge on any atom is -0.334 e. The fraction of sp³-hybridized carbons (Fsp3) is 0.533. The van der Waals surface area contributed by atoms with Gasteiger partial charge in [0, 0.05) is 28.1 Å². The van der Waals surface area contributed by atoms with Crippen molar-refractivity contribution in [2.75, 3.05) is 13.1 Å². The van der Waals surface area contributed by atoms with Crippen molar-refractivity contribution in [2.45, 2.75) is 37.8 Å². The lowest BCUT2D eigenvalue weighted by Gasteiger charge is -2.30. The first-order valence-corrected chi connectivity index (χ1v) is 8.33. The predicted octanol–water partition coefficient (Wildman–Crippen LogP) is 3.46. The highest BCUT2D eigenvalue weighted by atomic mass is 79.9. The number of halogens is 2. The molecule has 2 fully saturated rings. The third-order valence-electron chi connectivity index (χ3n) is 4.28. The van der Waals surface area contributed by atoms with Gasteiger partial charge in [-0.3, -0.25) is 4.79 Å². The van der Waals surface area contributed by atoms with E-state index in [9.17, 15) is 4.79 Å². The lowest BCUT2D eigenvalue weighted by atomic mass is 10.0. The molecule has 2 heterocycles. The predicted molar refractivity (Wildman–Crippen MR) is 84.2 cm³/mol. The molecule has 0 spiro atoms. The monoisotopic (exact) mass is 356 g/mol. The minimum absolute atomic E-state index is 0.116. The molecule has 20 heavy (non-hydrogen) atoms. The Balaban J connectivity index is 1.81. The van der Waals surface area contributed by atoms with Crippen LogP contribution < -0.4 is 5.32 Å². The molecule has 1 aromatic rings. The van der Waals surface area contributed by atoms with Crippen molar-refractivity contribution < 1.29 is 4.79 Å². The highest BCUT2D eigenvalue weighted by Gasteiger charge is 2.36. The van der Waals surface area contributed by atoms with Gasteiger partial charge in [0.1, 0.15) is 0 Å². The van der Waals surface area contributed by atoms with E-state index in [0.717, 1.165) is 30.4 Å². The second-order valence-corrected chi connectivity index (χ2v) is 6.83. The van der Waals surface area contributed by atoms with Crippen LogP contribution in [0.25, 0.3) is 0 Å². The van der Waals surface area contributed by atoms with E-state index in [1.807, 2.05) is 11.0 Å². The summed E-state index contributed by atoms with van der Waals surface area (Å²) in [6.07, 6.45) is 4.60. The van der Waals surface area contributed by atoms with Crippen LogP contribution in [-0.2, 0) is 0 Å². The molecule has 3 nitrogen and oxygen atoms in total. The molecule has 0 saturated carbocycles. The molecular weight excluding hydrogens is 340 g/mol. The summed E-state index contributed by atoms with van der Waals surface area (Å²) in [5.74, 6) is 0.116. The van der Waals surface area contributed by atoms with Crippen LogP contribution >= 0.6 is 27.5 Å². The molecule has 2 aliphatic rings. The zero-order chi connectivity index (χ0) is 14.1. The van der Waals surface area contributed by atoms with E-state index in [1.165, 1.54) is 12.8 Å². The number of carbonyl (C=O) groups excluding carboxylic acids is 1. The number of hydrogen-bond donors (Lipinski definition) is 1. The molecule has 0 bridgehead atoms. The lowest BCUT2D eigenvalue weighted by Crippen LogP contribution is -2.46. The van der Waals surface area contributed by atoms with E-state index >= 15 is 0 Å². The van der Waals surface area contributed by atoms with E-state index in [2.05, 4.69) is 21.2 Å². The van der Waals surface area contributed by atoms with E-state index < -0.39 is 0 Å². The molecule has 0 radical (unpaired) electrons. The van der Waals surface area contributed by atoms with Crippen LogP contribution in [0, 0.1) is 0 Å². The van der Waals surface area contributed by atoms with Gasteiger partial charge < -0.3 is 10.2 Å². The number of nitrogens with zero attached hydrogens (tertiary/aromatic N) is 1. The molecule has 1 N–H and O–H groups in total. The molecule has 2 atom stereocenters. The summed E-state index contributed by atoms with van der Waals surface area (Å²) in [5, 5.41) is 4.17. The molecule has 5 heteroatoms. The lowest BCUT2D eigenvalue weighted by molar-refractivity contribution is 0.0710. The maximum atomic E-state index is 12.8. The van der Waals surface area contributed by atoms with E-state index in [-0.39, 0.29) is 5.91 Å². The smallest absolute Gasteiger partial charge is 0.255 e. The molecule has 2 unspecified atom stereocenters. The quantitative estimate of drug-likeness (QED) is 0.879. The average molecular weight is 358 g/mol. The van der Waals surface area contributed by atoms with Gasteiger partial charge in [0.2, 0.25) is 0 Å². The summed E-state index contributed by atoms with van der Waals surface area (Å²) >= 11 is 9.40. The molecule has 2 saturated heterocycles. The maximum absolute atomic E-state index is 12.8. The topological polar surface area (TPSA) is 32.3 Å². The van der Waals surface area contributed by atoms with Gasteiger partial charge in [0.05, 0.1) is 5.56 Å². The van der Waals surface area contributed by atoms with Gasteiger partial charge in [-0.25, -0.2) is 0 Å². The van der Waals surface area contributed by atoms with Crippen molar-refractivity contribution in [3.63, 3.8) is 0 Å². The van der Waals surface area contributed by atoms with Gasteiger partial charge in [0.15, 0.2) is 0 Å². The Kier molecular flexibility index (Phi) is 4.34. The summed E-state index contributed by atoms with van der Waals surface area (Å²) in [6, 6.07) is 6.18. The van der Waals surface area contributed by atoms with E-state index in [0.29, 0.717) is 22.7 Å². The van der Waals surface area contributed by atoms with Crippen LogP contribution in [0.2, 0.25) is 5.02 Å². The molecule has 1 aromatic carbocycles. The van der Waals surface area contributed by atoms with Crippen molar-refractivity contribution >= 4 is 33.4 Å². The van der Waals surface area contributed by atoms with Gasteiger partial charge >= 0.3 is 0 Å². The minimum atomic E-state index is 0.116. The van der Waals surface area contributed by atoms with Crippen molar-refractivity contribution in [1.82, 2.24) is 10.2 Å². The highest BCUT2D eigenvalue weighted by Crippen LogP contribution is 2.29. The van der Waals surface area contributed by atoms with Crippen molar-refractivity contribution in [3.05, 3.63) is 33.3 Å². The fourth-order valence-electron chi connectivity index (χ4n) is 3.32. The van der Waals surface area contributed by atoms with Crippen LogP contribution in [0.5, 0.6) is 0 Å². The normalized spacial score (nSPS) is 26.2. The van der Waals surface area contributed by atoms with Crippen molar-refractivity contribution in [3.8, 4) is 0 Å². The first-order chi connectivity index (χ1) is 9.66. The Morgan fingerprint density at radius 2 is 2.20 bits per heavy atom. The molecule has 108 valence electrons. The molecule has 2 aliphatic heterocycles. The standard InChI is InChI=1S/C15H18BrClN2O/c16-12-9-10(17)5-6-11(12)15(20)19-8-2-4-14(19)13-3-1-7-18-13/h5-6,9,13-14,18H,1-4,7-8H2. The first-order valence-electron chi connectivity index (χ1n) is 7.16. The summed E-state index contributed by atoms with van der Waals surface area (Å²) in [5.41, 5.74) is 0.708. The SMILES string of the molecule is O=C(c1ccc(Cl)cc1Br)N1CCCC1C1CCCN1. The summed E-state index contributed by atoms with van der Waals surface area (Å²) < 4.78 is 0.778. The summed E-state index contributed by atoms with van der Waals surface area (Å²) in [4.78, 5) is 14.8. The molecule has 3 rings (SSSR count). The number of likely N-dealkylation sites (tertiary alicyclic amines) is 1. The Labute approximate surface area is 132 Å². The number of rotatable bonds is 2. The van der Waals surface area contributed by atoms with Crippen molar-refractivity contribution in [2.24, 2.45) is 0 Å². The second kappa shape index (κ2) is 6.04. The van der Waals surface area contributed by atoms with Gasteiger partial charge in [-0.2, -0.15) is 0 Å². The Morgan fingerprint density at radius 3 is 2.90 bits per heavy atom. The summed E-state index contributed by atoms with van der Waals surface area (Å²) in [7, 11) is 0. The Bertz CT molecular complexity index is 517. The number of benzene rings is 1. The van der Waals surface area contributed by atoms with Gasteiger partial charge in [-0.15, -0.1) is 0 Å². The third kappa shape index (κ3) is 2.74. The van der Waals surface area contributed by atoms with Crippen LogP contribution in [0.1, 0.15) is 36.0 Å². The number of carbonyl (C=O) groups is 1. The van der Waals surface area contributed by atoms with E-state index in [4.69, 9.17) is 11.6 Å². The van der Waals surface area contributed by atoms with Gasteiger partial charge in [0.25, 0.3) is 5.91 Å². The molecule has 0 aromatic heterocycles. The number of amides is 1. The maximum Gasteiger partial charge on any atom is 0.255 e. The van der Waals surface area contributed by atoms with Crippen LogP contribution in [-0.4, -0.2) is 36.0 Å². The zero-order valence-corrected chi connectivity index (χ0v) is 13.6. The first kappa shape index (κ1) is 14.4. The fourth-order valence-corrected chi connectivity index (χ4v) is 4.17. The van der Waals surface area contributed by atoms with Crippen LogP contribution in [0.15, 0.2) is 22.7 Å². The number of hydrogen-bond acceptors (Lipinski definition) is 2. The zero-order valence-electron chi connectivity index (χ0n) is 11.2. The number of nitrogens with one attached hydrogen (secondary N) is 1. The van der Waals surface area contributed by atoms with Gasteiger partial charge in [-0.1, -0.05) is 11.6 Å². The van der Waals surface area contributed by atoms with Gasteiger partial charge in [-0.05, 0) is 66.4 Å². The highest BCUT2D eigenvalue weighted by molar-refractivity contribution is 9.10. The van der Waals surface area contributed by atoms with Crippen LogP contribution in [0.4, 0.5) is 0 Å². The average Bonchev–Trinajstić information content (AvgIpc) is 3.09. The second-order valence-electron chi connectivity index (χ2n) is 5.54. The summed E-state index contributed by atoms with van der Waals surface area (Å²) in [6.45, 7) is 1.94. The van der Waals surface area contributed by atoms with E-state index in [1.54, 1.807) is 12.1 Å². The molecular formula is C15H18BrClN2O.